The first kappa shape index (κ1) is 13.5. The van der Waals surface area contributed by atoms with E-state index in [0.29, 0.717) is 22.8 Å². The van der Waals surface area contributed by atoms with E-state index in [2.05, 4.69) is 19.9 Å². The first-order chi connectivity index (χ1) is 11.3. The second-order valence-electron chi connectivity index (χ2n) is 5.02. The van der Waals surface area contributed by atoms with Crippen LogP contribution in [0.4, 0.5) is 4.39 Å². The summed E-state index contributed by atoms with van der Waals surface area (Å²) in [5, 5.41) is 0.965. The Morgan fingerprint density at radius 1 is 0.783 bits per heavy atom. The fourth-order valence-electron chi connectivity index (χ4n) is 2.39. The van der Waals surface area contributed by atoms with Gasteiger partial charge in [-0.15, -0.1) is 0 Å². The predicted octanol–water partition coefficient (Wildman–Crippen LogP) is 3.89. The van der Waals surface area contributed by atoms with Gasteiger partial charge in [-0.1, -0.05) is 24.3 Å². The fraction of sp³-hybridized carbons (Fsp3) is 0. The van der Waals surface area contributed by atoms with Crippen LogP contribution in [0.3, 0.4) is 0 Å². The highest BCUT2D eigenvalue weighted by Gasteiger charge is 2.09. The minimum Gasteiger partial charge on any atom is -0.262 e. The number of para-hydroxylation sites is 1. The molecule has 0 saturated heterocycles. The standard InChI is InChI=1S/C18H11FN4/c19-14-11-20-9-8-13(14)16-6-3-7-17(22-16)18-21-10-12-4-1-2-5-15(12)23-18/h1-11H. The molecule has 0 aliphatic carbocycles. The van der Waals surface area contributed by atoms with Crippen LogP contribution < -0.4 is 0 Å². The lowest BCUT2D eigenvalue weighted by atomic mass is 10.1. The van der Waals surface area contributed by atoms with Gasteiger partial charge in [0, 0.05) is 23.3 Å². The smallest absolute Gasteiger partial charge is 0.178 e. The van der Waals surface area contributed by atoms with E-state index in [1.54, 1.807) is 24.5 Å². The Bertz CT molecular complexity index is 1000. The van der Waals surface area contributed by atoms with Crippen LogP contribution in [-0.2, 0) is 0 Å². The van der Waals surface area contributed by atoms with E-state index in [9.17, 15) is 4.39 Å². The Morgan fingerprint density at radius 2 is 1.65 bits per heavy atom. The zero-order valence-electron chi connectivity index (χ0n) is 12.0. The number of hydrogen-bond donors (Lipinski definition) is 0. The molecule has 0 atom stereocenters. The van der Waals surface area contributed by atoms with Gasteiger partial charge in [0.25, 0.3) is 0 Å². The molecule has 0 N–H and O–H groups in total. The van der Waals surface area contributed by atoms with Crippen LogP contribution in [0.15, 0.2) is 67.1 Å². The highest BCUT2D eigenvalue weighted by Crippen LogP contribution is 2.23. The maximum absolute atomic E-state index is 13.9. The van der Waals surface area contributed by atoms with Crippen LogP contribution in [-0.4, -0.2) is 19.9 Å². The van der Waals surface area contributed by atoms with Crippen LogP contribution in [0.1, 0.15) is 0 Å². The van der Waals surface area contributed by atoms with Gasteiger partial charge >= 0.3 is 0 Å². The fourth-order valence-corrected chi connectivity index (χ4v) is 2.39. The molecule has 0 radical (unpaired) electrons. The summed E-state index contributed by atoms with van der Waals surface area (Å²) in [5.74, 6) is 0.108. The van der Waals surface area contributed by atoms with E-state index < -0.39 is 5.82 Å². The molecule has 4 rings (SSSR count). The van der Waals surface area contributed by atoms with Crippen LogP contribution in [0, 0.1) is 5.82 Å². The summed E-state index contributed by atoms with van der Waals surface area (Å²) in [6.45, 7) is 0. The molecule has 4 aromatic rings. The molecule has 0 bridgehead atoms. The summed E-state index contributed by atoms with van der Waals surface area (Å²) in [6, 6.07) is 14.7. The Hall–Kier alpha value is -3.21. The number of rotatable bonds is 2. The molecule has 1 aromatic carbocycles. The Kier molecular flexibility index (Phi) is 3.24. The molecule has 0 aliphatic rings. The number of fused-ring (bicyclic) bond motifs is 1. The highest BCUT2D eigenvalue weighted by atomic mass is 19.1. The summed E-state index contributed by atoms with van der Waals surface area (Å²) < 4.78 is 13.9. The van der Waals surface area contributed by atoms with E-state index in [0.717, 1.165) is 10.9 Å². The van der Waals surface area contributed by atoms with Crippen LogP contribution in [0.25, 0.3) is 33.7 Å². The summed E-state index contributed by atoms with van der Waals surface area (Å²) in [4.78, 5) is 17.1. The van der Waals surface area contributed by atoms with E-state index in [4.69, 9.17) is 0 Å². The van der Waals surface area contributed by atoms with Gasteiger partial charge in [-0.2, -0.15) is 0 Å². The first-order valence-electron chi connectivity index (χ1n) is 7.10. The molecule has 110 valence electrons. The lowest BCUT2D eigenvalue weighted by Crippen LogP contribution is -1.95. The van der Waals surface area contributed by atoms with Crippen LogP contribution in [0.2, 0.25) is 0 Å². The van der Waals surface area contributed by atoms with Gasteiger partial charge in [-0.3, -0.25) is 4.98 Å². The highest BCUT2D eigenvalue weighted by molar-refractivity contribution is 5.79. The molecule has 0 fully saturated rings. The zero-order chi connectivity index (χ0) is 15.6. The second kappa shape index (κ2) is 5.53. The molecule has 4 nitrogen and oxygen atoms in total. The monoisotopic (exact) mass is 302 g/mol. The van der Waals surface area contributed by atoms with Gasteiger partial charge in [0.2, 0.25) is 0 Å². The number of nitrogens with zero attached hydrogens (tertiary/aromatic N) is 4. The van der Waals surface area contributed by atoms with Crippen LogP contribution >= 0.6 is 0 Å². The summed E-state index contributed by atoms with van der Waals surface area (Å²) in [7, 11) is 0. The first-order valence-corrected chi connectivity index (χ1v) is 7.10. The zero-order valence-corrected chi connectivity index (χ0v) is 12.0. The third-order valence-electron chi connectivity index (χ3n) is 3.52. The van der Waals surface area contributed by atoms with Gasteiger partial charge in [0.1, 0.15) is 5.69 Å². The molecular weight excluding hydrogens is 291 g/mol. The SMILES string of the molecule is Fc1cnccc1-c1cccc(-c2ncc3ccccc3n2)n1. The Balaban J connectivity index is 1.83. The predicted molar refractivity (Wildman–Crippen MR) is 86.0 cm³/mol. The number of benzene rings is 1. The van der Waals surface area contributed by atoms with Crippen molar-refractivity contribution in [3.05, 3.63) is 72.9 Å². The van der Waals surface area contributed by atoms with Crippen molar-refractivity contribution in [3.8, 4) is 22.8 Å². The van der Waals surface area contributed by atoms with Gasteiger partial charge < -0.3 is 0 Å². The van der Waals surface area contributed by atoms with Crippen molar-refractivity contribution < 1.29 is 4.39 Å². The lowest BCUT2D eigenvalue weighted by Gasteiger charge is -2.05. The molecule has 0 spiro atoms. The molecule has 0 aliphatic heterocycles. The van der Waals surface area contributed by atoms with Crippen molar-refractivity contribution >= 4 is 10.9 Å². The number of aromatic nitrogens is 4. The van der Waals surface area contributed by atoms with Crippen molar-refractivity contribution in [1.82, 2.24) is 19.9 Å². The minimum atomic E-state index is -0.406. The lowest BCUT2D eigenvalue weighted by molar-refractivity contribution is 0.624. The van der Waals surface area contributed by atoms with Crippen LogP contribution in [0.5, 0.6) is 0 Å². The van der Waals surface area contributed by atoms with Gasteiger partial charge in [0.15, 0.2) is 11.6 Å². The number of pyridine rings is 2. The molecule has 23 heavy (non-hydrogen) atoms. The maximum atomic E-state index is 13.9. The van der Waals surface area contributed by atoms with E-state index in [1.807, 2.05) is 36.4 Å². The Labute approximate surface area is 131 Å². The molecule has 0 unspecified atom stereocenters. The van der Waals surface area contributed by atoms with Crippen molar-refractivity contribution in [2.24, 2.45) is 0 Å². The molecule has 3 aromatic heterocycles. The van der Waals surface area contributed by atoms with Gasteiger partial charge in [0.05, 0.1) is 17.4 Å². The van der Waals surface area contributed by atoms with Gasteiger partial charge in [-0.05, 0) is 24.3 Å². The number of halogens is 1. The molecule has 5 heteroatoms. The third kappa shape index (κ3) is 2.53. The largest absolute Gasteiger partial charge is 0.262 e. The molecule has 3 heterocycles. The van der Waals surface area contributed by atoms with Gasteiger partial charge in [-0.25, -0.2) is 19.3 Å². The topological polar surface area (TPSA) is 51.6 Å². The van der Waals surface area contributed by atoms with E-state index in [-0.39, 0.29) is 0 Å². The van der Waals surface area contributed by atoms with Crippen molar-refractivity contribution in [1.29, 1.82) is 0 Å². The summed E-state index contributed by atoms with van der Waals surface area (Å²) in [6.07, 6.45) is 4.48. The Morgan fingerprint density at radius 3 is 2.57 bits per heavy atom. The van der Waals surface area contributed by atoms with E-state index >= 15 is 0 Å². The van der Waals surface area contributed by atoms with E-state index in [1.165, 1.54) is 6.20 Å². The van der Waals surface area contributed by atoms with Crippen molar-refractivity contribution in [2.75, 3.05) is 0 Å². The second-order valence-corrected chi connectivity index (χ2v) is 5.02. The average Bonchev–Trinajstić information content (AvgIpc) is 2.62. The molecule has 0 saturated carbocycles. The minimum absolute atomic E-state index is 0.405. The third-order valence-corrected chi connectivity index (χ3v) is 3.52. The normalized spacial score (nSPS) is 10.8. The van der Waals surface area contributed by atoms with Crippen molar-refractivity contribution in [3.63, 3.8) is 0 Å². The molecular formula is C18H11FN4. The average molecular weight is 302 g/mol. The molecule has 0 amide bonds. The maximum Gasteiger partial charge on any atom is 0.178 e. The number of hydrogen-bond acceptors (Lipinski definition) is 4. The summed E-state index contributed by atoms with van der Waals surface area (Å²) >= 11 is 0. The van der Waals surface area contributed by atoms with Crippen molar-refractivity contribution in [2.45, 2.75) is 0 Å². The quantitative estimate of drug-likeness (QED) is 0.563. The summed E-state index contributed by atoms with van der Waals surface area (Å²) in [5.41, 5.74) is 2.38.